The zero-order valence-electron chi connectivity index (χ0n) is 41.4. The van der Waals surface area contributed by atoms with Crippen LogP contribution in [0.3, 0.4) is 0 Å². The van der Waals surface area contributed by atoms with Crippen molar-refractivity contribution in [3.63, 3.8) is 0 Å². The summed E-state index contributed by atoms with van der Waals surface area (Å²) in [7, 11) is 0. The van der Waals surface area contributed by atoms with Gasteiger partial charge >= 0.3 is 11.9 Å². The van der Waals surface area contributed by atoms with Crippen molar-refractivity contribution in [2.45, 2.75) is 271 Å². The molecule has 0 spiro atoms. The number of ether oxygens (including phenoxy) is 3. The number of carbonyl (C=O) groups is 2. The number of carbonyl (C=O) groups excluding carboxylic acids is 2. The Morgan fingerprint density at radius 2 is 0.645 bits per heavy atom. The second kappa shape index (κ2) is 52.9. The summed E-state index contributed by atoms with van der Waals surface area (Å²) in [5.41, 5.74) is 0. The van der Waals surface area contributed by atoms with Crippen LogP contribution in [-0.4, -0.2) is 37.9 Å². The van der Waals surface area contributed by atoms with Gasteiger partial charge in [-0.15, -0.1) is 0 Å². The van der Waals surface area contributed by atoms with Gasteiger partial charge in [0.25, 0.3) is 0 Å². The normalized spacial score (nSPS) is 12.6. The monoisotopic (exact) mass is 867 g/mol. The highest BCUT2D eigenvalue weighted by Gasteiger charge is 2.16. The summed E-state index contributed by atoms with van der Waals surface area (Å²) in [5, 5.41) is 0. The Bertz CT molecular complexity index is 1070. The second-order valence-electron chi connectivity index (χ2n) is 17.8. The smallest absolute Gasteiger partial charge is 0.306 e. The molecular formula is C57H102O5. The maximum absolute atomic E-state index is 12.6. The first-order valence-electron chi connectivity index (χ1n) is 26.8. The van der Waals surface area contributed by atoms with Gasteiger partial charge in [-0.2, -0.15) is 0 Å². The third-order valence-corrected chi connectivity index (χ3v) is 11.6. The highest BCUT2D eigenvalue weighted by Crippen LogP contribution is 2.15. The summed E-state index contributed by atoms with van der Waals surface area (Å²) in [6, 6.07) is 0. The molecule has 360 valence electrons. The average molecular weight is 867 g/mol. The second-order valence-corrected chi connectivity index (χ2v) is 17.8. The predicted molar refractivity (Wildman–Crippen MR) is 270 cm³/mol. The van der Waals surface area contributed by atoms with Crippen molar-refractivity contribution in [3.8, 4) is 0 Å². The number of hydrogen-bond acceptors (Lipinski definition) is 5. The molecule has 0 N–H and O–H groups in total. The molecule has 0 radical (unpaired) electrons. The van der Waals surface area contributed by atoms with E-state index in [9.17, 15) is 9.59 Å². The molecule has 0 unspecified atom stereocenters. The summed E-state index contributed by atoms with van der Waals surface area (Å²) >= 11 is 0. The van der Waals surface area contributed by atoms with E-state index in [1.54, 1.807) is 0 Å². The van der Waals surface area contributed by atoms with Crippen molar-refractivity contribution < 1.29 is 23.8 Å². The predicted octanol–water partition coefficient (Wildman–Crippen LogP) is 18.1. The molecule has 0 bridgehead atoms. The van der Waals surface area contributed by atoms with Gasteiger partial charge in [0, 0.05) is 19.4 Å². The lowest BCUT2D eigenvalue weighted by atomic mass is 10.0. The van der Waals surface area contributed by atoms with Crippen LogP contribution >= 0.6 is 0 Å². The summed E-state index contributed by atoms with van der Waals surface area (Å²) in [4.78, 5) is 25.2. The molecule has 62 heavy (non-hydrogen) atoms. The molecule has 0 rings (SSSR count). The Balaban J connectivity index is 4.33. The van der Waals surface area contributed by atoms with Gasteiger partial charge in [-0.25, -0.2) is 0 Å². The third-order valence-electron chi connectivity index (χ3n) is 11.6. The van der Waals surface area contributed by atoms with E-state index >= 15 is 0 Å². The van der Waals surface area contributed by atoms with Crippen molar-refractivity contribution in [2.75, 3.05) is 19.8 Å². The van der Waals surface area contributed by atoms with Gasteiger partial charge in [0.05, 0.1) is 0 Å². The van der Waals surface area contributed by atoms with Gasteiger partial charge in [0.15, 0.2) is 0 Å². The first-order valence-corrected chi connectivity index (χ1v) is 26.8. The lowest BCUT2D eigenvalue weighted by molar-refractivity contribution is -0.155. The average Bonchev–Trinajstić information content (AvgIpc) is 3.28. The molecule has 0 aliphatic carbocycles. The van der Waals surface area contributed by atoms with E-state index in [1.807, 2.05) is 6.08 Å². The van der Waals surface area contributed by atoms with Crippen molar-refractivity contribution >= 4 is 11.9 Å². The number of esters is 2. The van der Waals surface area contributed by atoms with E-state index in [0.717, 1.165) is 51.4 Å². The van der Waals surface area contributed by atoms with E-state index in [-0.39, 0.29) is 25.2 Å². The Labute approximate surface area is 385 Å². The summed E-state index contributed by atoms with van der Waals surface area (Å²) in [6.45, 7) is 7.64. The van der Waals surface area contributed by atoms with Crippen LogP contribution in [-0.2, 0) is 23.8 Å². The topological polar surface area (TPSA) is 61.8 Å². The molecule has 0 aromatic carbocycles. The molecule has 0 aliphatic heterocycles. The van der Waals surface area contributed by atoms with Gasteiger partial charge in [0.1, 0.15) is 19.3 Å². The Morgan fingerprint density at radius 3 is 1.05 bits per heavy atom. The van der Waals surface area contributed by atoms with E-state index in [4.69, 9.17) is 14.2 Å². The van der Waals surface area contributed by atoms with Crippen LogP contribution in [0.5, 0.6) is 0 Å². The quantitative estimate of drug-likeness (QED) is 0.0346. The van der Waals surface area contributed by atoms with Gasteiger partial charge in [-0.3, -0.25) is 9.59 Å². The number of rotatable bonds is 49. The molecule has 0 heterocycles. The van der Waals surface area contributed by atoms with Crippen LogP contribution in [0.1, 0.15) is 265 Å². The Hall–Kier alpha value is -2.40. The summed E-state index contributed by atoms with van der Waals surface area (Å²) in [5.74, 6) is -0.418. The van der Waals surface area contributed by atoms with Gasteiger partial charge < -0.3 is 14.2 Å². The van der Waals surface area contributed by atoms with Crippen LogP contribution in [0, 0.1) is 0 Å². The standard InChI is InChI=1S/C57H102O5/c1-4-7-10-13-16-19-22-24-26-28-29-30-31-33-36-39-42-45-48-51-57(59)62-54-55(53-61-56(58)50-47-44-41-38-35-21-18-15-12-9-6-3)60-52-49-46-43-40-37-34-32-27-25-23-20-17-14-11-8-5-2/h16,19,24,26,29-30,33,36,42,45,55H,4-15,17-18,20-23,25,27-28,31-32,34-35,37-41,43-44,46-54H2,1-3H3/b19-16-,26-24-,30-29-,36-33-,45-42-/t55-/m0/s1. The molecule has 0 saturated heterocycles. The van der Waals surface area contributed by atoms with E-state index in [0.29, 0.717) is 25.9 Å². The van der Waals surface area contributed by atoms with Crippen LogP contribution < -0.4 is 0 Å². The van der Waals surface area contributed by atoms with Crippen LogP contribution in [0.2, 0.25) is 0 Å². The lowest BCUT2D eigenvalue weighted by Crippen LogP contribution is -2.29. The molecule has 0 saturated carbocycles. The number of unbranched alkanes of at least 4 members (excludes halogenated alkanes) is 28. The maximum atomic E-state index is 12.6. The first kappa shape index (κ1) is 59.6. The van der Waals surface area contributed by atoms with Crippen molar-refractivity contribution in [1.29, 1.82) is 0 Å². The summed E-state index contributed by atoms with van der Waals surface area (Å²) in [6.07, 6.45) is 66.9. The maximum Gasteiger partial charge on any atom is 0.306 e. The SMILES string of the molecule is CCCCC/C=C\C/C=C\C/C=C\C/C=C\C/C=C\CCC(=O)OC[C@H](COC(=O)CCCCCCCCCCCCC)OCCCCCCCCCCCCCCCCCC. The van der Waals surface area contributed by atoms with Crippen molar-refractivity contribution in [2.24, 2.45) is 0 Å². The highest BCUT2D eigenvalue weighted by atomic mass is 16.6. The molecule has 5 nitrogen and oxygen atoms in total. The third kappa shape index (κ3) is 50.2. The first-order chi connectivity index (χ1) is 30.6. The van der Waals surface area contributed by atoms with Crippen molar-refractivity contribution in [3.05, 3.63) is 60.8 Å². The fourth-order valence-electron chi connectivity index (χ4n) is 7.53. The fourth-order valence-corrected chi connectivity index (χ4v) is 7.53. The van der Waals surface area contributed by atoms with E-state index in [2.05, 4.69) is 75.5 Å². The Kier molecular flexibility index (Phi) is 50.9. The molecule has 0 fully saturated rings. The minimum atomic E-state index is -0.426. The molecule has 1 atom stereocenters. The zero-order chi connectivity index (χ0) is 44.9. The largest absolute Gasteiger partial charge is 0.463 e. The van der Waals surface area contributed by atoms with Crippen LogP contribution in [0.4, 0.5) is 0 Å². The van der Waals surface area contributed by atoms with E-state index in [1.165, 1.54) is 173 Å². The van der Waals surface area contributed by atoms with Gasteiger partial charge in [-0.05, 0) is 57.8 Å². The number of allylic oxidation sites excluding steroid dienone is 10. The number of hydrogen-bond donors (Lipinski definition) is 0. The molecule has 0 aromatic heterocycles. The molecule has 0 aliphatic rings. The summed E-state index contributed by atoms with van der Waals surface area (Å²) < 4.78 is 17.4. The van der Waals surface area contributed by atoms with Crippen LogP contribution in [0.25, 0.3) is 0 Å². The highest BCUT2D eigenvalue weighted by molar-refractivity contribution is 5.70. The zero-order valence-corrected chi connectivity index (χ0v) is 41.4. The van der Waals surface area contributed by atoms with Crippen molar-refractivity contribution in [1.82, 2.24) is 0 Å². The molecular weight excluding hydrogens is 765 g/mol. The van der Waals surface area contributed by atoms with E-state index < -0.39 is 6.10 Å². The lowest BCUT2D eigenvalue weighted by Gasteiger charge is -2.18. The fraction of sp³-hybridized carbons (Fsp3) is 0.789. The minimum absolute atomic E-state index is 0.120. The van der Waals surface area contributed by atoms with Crippen LogP contribution in [0.15, 0.2) is 60.8 Å². The van der Waals surface area contributed by atoms with Gasteiger partial charge in [-0.1, -0.05) is 255 Å². The molecule has 0 aromatic rings. The molecule has 5 heteroatoms. The Morgan fingerprint density at radius 1 is 0.339 bits per heavy atom. The van der Waals surface area contributed by atoms with Gasteiger partial charge in [0.2, 0.25) is 0 Å². The molecule has 0 amide bonds. The minimum Gasteiger partial charge on any atom is -0.463 e.